The van der Waals surface area contributed by atoms with Gasteiger partial charge in [0.05, 0.1) is 5.69 Å². The van der Waals surface area contributed by atoms with Crippen LogP contribution in [-0.2, 0) is 4.79 Å². The van der Waals surface area contributed by atoms with Crippen LogP contribution in [0.15, 0.2) is 29.6 Å². The van der Waals surface area contributed by atoms with Gasteiger partial charge < -0.3 is 5.32 Å². The number of halogens is 1. The fraction of sp³-hybridized carbons (Fsp3) is 0.412. The summed E-state index contributed by atoms with van der Waals surface area (Å²) in [4.78, 5) is 16.8. The van der Waals surface area contributed by atoms with E-state index in [1.54, 1.807) is 0 Å². The summed E-state index contributed by atoms with van der Waals surface area (Å²) in [5, 5.41) is 6.26. The molecule has 1 heterocycles. The van der Waals surface area contributed by atoms with Crippen molar-refractivity contribution in [3.63, 3.8) is 0 Å². The number of unbranched alkanes of at least 4 members (excludes halogenated alkanes) is 1. The molecule has 0 aliphatic carbocycles. The molecule has 1 N–H and O–H groups in total. The zero-order chi connectivity index (χ0) is 15.9. The van der Waals surface area contributed by atoms with Crippen molar-refractivity contribution >= 4 is 34.0 Å². The van der Waals surface area contributed by atoms with Gasteiger partial charge in [0.15, 0.2) is 5.13 Å². The van der Waals surface area contributed by atoms with Gasteiger partial charge in [-0.05, 0) is 25.0 Å². The van der Waals surface area contributed by atoms with Crippen molar-refractivity contribution in [2.45, 2.75) is 39.5 Å². The minimum absolute atomic E-state index is 0.0721. The molecule has 1 unspecified atom stereocenters. The summed E-state index contributed by atoms with van der Waals surface area (Å²) in [6, 6.07) is 7.54. The molecule has 0 radical (unpaired) electrons. The number of thiazole rings is 1. The fourth-order valence-corrected chi connectivity index (χ4v) is 3.11. The normalized spacial score (nSPS) is 12.1. The third-order valence-electron chi connectivity index (χ3n) is 3.64. The molecule has 0 bridgehead atoms. The maximum absolute atomic E-state index is 12.3. The topological polar surface area (TPSA) is 42.0 Å². The predicted octanol–water partition coefficient (Wildman–Crippen LogP) is 5.62. The minimum Gasteiger partial charge on any atom is -0.302 e. The molecule has 0 saturated carbocycles. The maximum Gasteiger partial charge on any atom is 0.229 e. The molecule has 0 fully saturated rings. The van der Waals surface area contributed by atoms with E-state index in [0.717, 1.165) is 36.9 Å². The second-order valence-electron chi connectivity index (χ2n) is 5.28. The quantitative estimate of drug-likeness (QED) is 0.713. The van der Waals surface area contributed by atoms with Gasteiger partial charge in [-0.1, -0.05) is 50.4 Å². The van der Waals surface area contributed by atoms with Gasteiger partial charge in [0.25, 0.3) is 0 Å². The largest absolute Gasteiger partial charge is 0.302 e. The van der Waals surface area contributed by atoms with E-state index in [0.29, 0.717) is 10.2 Å². The molecular weight excluding hydrogens is 316 g/mol. The van der Waals surface area contributed by atoms with Crippen molar-refractivity contribution < 1.29 is 4.79 Å². The monoisotopic (exact) mass is 336 g/mol. The molecule has 1 aromatic heterocycles. The highest BCUT2D eigenvalue weighted by Gasteiger charge is 2.17. The average Bonchev–Trinajstić information content (AvgIpc) is 2.97. The Morgan fingerprint density at radius 1 is 1.32 bits per heavy atom. The molecule has 3 nitrogen and oxygen atoms in total. The molecule has 0 spiro atoms. The van der Waals surface area contributed by atoms with Crippen LogP contribution in [0.3, 0.4) is 0 Å². The summed E-state index contributed by atoms with van der Waals surface area (Å²) in [7, 11) is 0. The Kier molecular flexibility index (Phi) is 6.40. The van der Waals surface area contributed by atoms with Crippen LogP contribution in [0.5, 0.6) is 0 Å². The summed E-state index contributed by atoms with van der Waals surface area (Å²) < 4.78 is 0. The highest BCUT2D eigenvalue weighted by molar-refractivity contribution is 7.14. The van der Waals surface area contributed by atoms with E-state index in [1.165, 1.54) is 11.3 Å². The van der Waals surface area contributed by atoms with E-state index in [2.05, 4.69) is 24.1 Å². The van der Waals surface area contributed by atoms with Crippen molar-refractivity contribution in [3.05, 3.63) is 34.7 Å². The zero-order valence-electron chi connectivity index (χ0n) is 12.9. The van der Waals surface area contributed by atoms with E-state index < -0.39 is 0 Å². The number of hydrogen-bond acceptors (Lipinski definition) is 3. The number of hydrogen-bond donors (Lipinski definition) is 1. The Morgan fingerprint density at radius 2 is 2.05 bits per heavy atom. The van der Waals surface area contributed by atoms with Crippen molar-refractivity contribution in [1.82, 2.24) is 4.98 Å². The SMILES string of the molecule is CCCCC(CC)C(=O)Nc1nc(-c2ccc(Cl)cc2)cs1. The van der Waals surface area contributed by atoms with Gasteiger partial charge in [0.2, 0.25) is 5.91 Å². The average molecular weight is 337 g/mol. The smallest absolute Gasteiger partial charge is 0.229 e. The summed E-state index contributed by atoms with van der Waals surface area (Å²) >= 11 is 7.34. The number of carbonyl (C=O) groups excluding carboxylic acids is 1. The zero-order valence-corrected chi connectivity index (χ0v) is 14.5. The maximum atomic E-state index is 12.3. The Labute approximate surface area is 140 Å². The van der Waals surface area contributed by atoms with Crippen LogP contribution in [0.25, 0.3) is 11.3 Å². The van der Waals surface area contributed by atoms with E-state index in [4.69, 9.17) is 11.6 Å². The number of rotatable bonds is 7. The molecule has 2 aromatic rings. The molecule has 0 aliphatic rings. The van der Waals surface area contributed by atoms with E-state index >= 15 is 0 Å². The minimum atomic E-state index is 0.0721. The van der Waals surface area contributed by atoms with Crippen LogP contribution in [0.1, 0.15) is 39.5 Å². The van der Waals surface area contributed by atoms with Crippen molar-refractivity contribution in [1.29, 1.82) is 0 Å². The second kappa shape index (κ2) is 8.30. The van der Waals surface area contributed by atoms with E-state index in [9.17, 15) is 4.79 Å². The molecule has 0 aliphatic heterocycles. The number of anilines is 1. The first-order valence-corrected chi connectivity index (χ1v) is 8.92. The molecule has 118 valence electrons. The molecular formula is C17H21ClN2OS. The highest BCUT2D eigenvalue weighted by Crippen LogP contribution is 2.26. The van der Waals surface area contributed by atoms with Crippen LogP contribution in [0.2, 0.25) is 5.02 Å². The standard InChI is InChI=1S/C17H21ClN2OS/c1-3-5-6-12(4-2)16(21)20-17-19-15(11-22-17)13-7-9-14(18)10-8-13/h7-12H,3-6H2,1-2H3,(H,19,20,21). The van der Waals surface area contributed by atoms with Crippen LogP contribution in [-0.4, -0.2) is 10.9 Å². The van der Waals surface area contributed by atoms with Crippen molar-refractivity contribution in [2.75, 3.05) is 5.32 Å². The fourth-order valence-electron chi connectivity index (χ4n) is 2.26. The van der Waals surface area contributed by atoms with Gasteiger partial charge in [-0.25, -0.2) is 4.98 Å². The number of benzene rings is 1. The molecule has 1 amide bonds. The number of carbonyl (C=O) groups is 1. The summed E-state index contributed by atoms with van der Waals surface area (Å²) in [6.45, 7) is 4.20. The van der Waals surface area contributed by atoms with E-state index in [-0.39, 0.29) is 11.8 Å². The Bertz CT molecular complexity index is 609. The lowest BCUT2D eigenvalue weighted by Gasteiger charge is -2.12. The van der Waals surface area contributed by atoms with Gasteiger partial charge in [0.1, 0.15) is 0 Å². The number of amides is 1. The Morgan fingerprint density at radius 3 is 2.68 bits per heavy atom. The first-order chi connectivity index (χ1) is 10.6. The van der Waals surface area contributed by atoms with Gasteiger partial charge >= 0.3 is 0 Å². The third-order valence-corrected chi connectivity index (χ3v) is 4.65. The summed E-state index contributed by atoms with van der Waals surface area (Å²) in [6.07, 6.45) is 4.00. The number of nitrogens with zero attached hydrogens (tertiary/aromatic N) is 1. The lowest BCUT2D eigenvalue weighted by molar-refractivity contribution is -0.120. The Hall–Kier alpha value is -1.39. The molecule has 2 rings (SSSR count). The van der Waals surface area contributed by atoms with Gasteiger partial charge in [0, 0.05) is 21.9 Å². The van der Waals surface area contributed by atoms with Crippen LogP contribution in [0, 0.1) is 5.92 Å². The first kappa shape index (κ1) is 17.0. The van der Waals surface area contributed by atoms with Gasteiger partial charge in [-0.3, -0.25) is 4.79 Å². The van der Waals surface area contributed by atoms with Crippen LogP contribution in [0.4, 0.5) is 5.13 Å². The molecule has 0 saturated heterocycles. The highest BCUT2D eigenvalue weighted by atomic mass is 35.5. The third kappa shape index (κ3) is 4.55. The second-order valence-corrected chi connectivity index (χ2v) is 6.58. The lowest BCUT2D eigenvalue weighted by Crippen LogP contribution is -2.22. The first-order valence-electron chi connectivity index (χ1n) is 7.66. The lowest BCUT2D eigenvalue weighted by atomic mass is 9.99. The molecule has 1 aromatic carbocycles. The number of nitrogens with one attached hydrogen (secondary N) is 1. The summed E-state index contributed by atoms with van der Waals surface area (Å²) in [5.74, 6) is 0.149. The predicted molar refractivity (Wildman–Crippen MR) is 94.5 cm³/mol. The van der Waals surface area contributed by atoms with Gasteiger partial charge in [-0.2, -0.15) is 0 Å². The molecule has 5 heteroatoms. The van der Waals surface area contributed by atoms with E-state index in [1.807, 2.05) is 29.6 Å². The van der Waals surface area contributed by atoms with Crippen LogP contribution >= 0.6 is 22.9 Å². The van der Waals surface area contributed by atoms with Crippen molar-refractivity contribution in [2.24, 2.45) is 5.92 Å². The van der Waals surface area contributed by atoms with Gasteiger partial charge in [-0.15, -0.1) is 11.3 Å². The Balaban J connectivity index is 2.02. The molecule has 22 heavy (non-hydrogen) atoms. The molecule has 1 atom stereocenters. The van der Waals surface area contributed by atoms with Crippen LogP contribution < -0.4 is 5.32 Å². The van der Waals surface area contributed by atoms with Crippen molar-refractivity contribution in [3.8, 4) is 11.3 Å². The summed E-state index contributed by atoms with van der Waals surface area (Å²) in [5.41, 5.74) is 1.86. The number of aromatic nitrogens is 1.